The zero-order valence-electron chi connectivity index (χ0n) is 16.2. The van der Waals surface area contributed by atoms with Crippen LogP contribution < -0.4 is 16.7 Å². The number of nitrogens with two attached hydrogens (primary N) is 1. The van der Waals surface area contributed by atoms with Gasteiger partial charge in [0.25, 0.3) is 0 Å². The molecule has 0 heterocycles. The first-order chi connectivity index (χ1) is 12.1. The third kappa shape index (κ3) is 25.1. The Morgan fingerprint density at radius 3 is 1.92 bits per heavy atom. The molecule has 8 heteroatoms. The maximum atomic E-state index is 10.3. The van der Waals surface area contributed by atoms with Gasteiger partial charge in [0, 0.05) is 39.5 Å². The lowest BCUT2D eigenvalue weighted by molar-refractivity contribution is -0.129. The molecule has 0 aliphatic heterocycles. The molecule has 0 fully saturated rings. The van der Waals surface area contributed by atoms with Crippen molar-refractivity contribution in [1.29, 1.82) is 0 Å². The van der Waals surface area contributed by atoms with Crippen molar-refractivity contribution in [2.24, 2.45) is 10.9 Å². The van der Waals surface area contributed by atoms with Gasteiger partial charge < -0.3 is 20.0 Å². The molecule has 0 amide bonds. The fourth-order valence-corrected chi connectivity index (χ4v) is 1.55. The number of rotatable bonds is 16. The standard InChI is InChI=1S/C10H20N2O3.C7H18N2O/c1-3-7-15-8-5-4-6-11-12-9(2)10(13)14;1-2-6-10-7-4-3-5-9-8/h11H,3-8H2,1-2H3,(H,13,14);9H,2-8H2,1H3. The third-order valence-electron chi connectivity index (χ3n) is 2.94. The van der Waals surface area contributed by atoms with E-state index >= 15 is 0 Å². The summed E-state index contributed by atoms with van der Waals surface area (Å²) < 4.78 is 10.6. The summed E-state index contributed by atoms with van der Waals surface area (Å²) in [5.74, 6) is 4.09. The van der Waals surface area contributed by atoms with Crippen molar-refractivity contribution in [3.05, 3.63) is 0 Å². The lowest BCUT2D eigenvalue weighted by Crippen LogP contribution is -2.23. The van der Waals surface area contributed by atoms with Gasteiger partial charge in [0.05, 0.1) is 0 Å². The van der Waals surface area contributed by atoms with Crippen LogP contribution in [0.5, 0.6) is 0 Å². The number of hydrazine groups is 1. The Morgan fingerprint density at radius 1 is 0.960 bits per heavy atom. The first kappa shape index (κ1) is 26.0. The molecule has 0 saturated carbocycles. The highest BCUT2D eigenvalue weighted by molar-refractivity contribution is 6.34. The van der Waals surface area contributed by atoms with Crippen molar-refractivity contribution in [3.8, 4) is 0 Å². The number of nitrogens with zero attached hydrogens (tertiary/aromatic N) is 1. The zero-order valence-corrected chi connectivity index (χ0v) is 16.2. The Kier molecular flexibility index (Phi) is 23.7. The minimum absolute atomic E-state index is 0.0808. The number of hydrazone groups is 1. The van der Waals surface area contributed by atoms with E-state index in [1.165, 1.54) is 6.92 Å². The van der Waals surface area contributed by atoms with Crippen LogP contribution in [0.1, 0.15) is 59.3 Å². The molecule has 0 rings (SSSR count). The molecule has 0 saturated heterocycles. The number of carboxylic acid groups (broad SMARTS) is 1. The highest BCUT2D eigenvalue weighted by Crippen LogP contribution is 1.90. The summed E-state index contributed by atoms with van der Waals surface area (Å²) >= 11 is 0. The second-order valence-corrected chi connectivity index (χ2v) is 5.50. The lowest BCUT2D eigenvalue weighted by Gasteiger charge is -2.02. The van der Waals surface area contributed by atoms with Crippen molar-refractivity contribution in [1.82, 2.24) is 10.9 Å². The topological polar surface area (TPSA) is 118 Å². The van der Waals surface area contributed by atoms with E-state index in [2.05, 4.69) is 29.8 Å². The number of carbonyl (C=O) groups is 1. The Balaban J connectivity index is 0. The molecule has 0 radical (unpaired) electrons. The molecule has 0 aromatic carbocycles. The minimum atomic E-state index is -0.992. The van der Waals surface area contributed by atoms with Crippen LogP contribution in [-0.2, 0) is 14.3 Å². The normalized spacial score (nSPS) is 11.0. The predicted octanol–water partition coefficient (Wildman–Crippen LogP) is 1.90. The first-order valence-corrected chi connectivity index (χ1v) is 9.19. The fraction of sp³-hybridized carbons (Fsp3) is 0.882. The number of hydrogen-bond donors (Lipinski definition) is 4. The van der Waals surface area contributed by atoms with E-state index in [9.17, 15) is 4.79 Å². The molecule has 0 aromatic heterocycles. The van der Waals surface area contributed by atoms with E-state index < -0.39 is 5.97 Å². The average molecular weight is 363 g/mol. The van der Waals surface area contributed by atoms with Crippen molar-refractivity contribution in [3.63, 3.8) is 0 Å². The molecule has 0 spiro atoms. The highest BCUT2D eigenvalue weighted by Gasteiger charge is 1.99. The zero-order chi connectivity index (χ0) is 19.2. The number of carboxylic acids is 1. The molecule has 0 unspecified atom stereocenters. The number of unbranched alkanes of at least 4 members (excludes halogenated alkanes) is 2. The molecule has 0 atom stereocenters. The molecule has 8 nitrogen and oxygen atoms in total. The average Bonchev–Trinajstić information content (AvgIpc) is 2.60. The number of nitrogens with one attached hydrogen (secondary N) is 2. The summed E-state index contributed by atoms with van der Waals surface area (Å²) in [6.07, 6.45) is 6.24. The Morgan fingerprint density at radius 2 is 1.48 bits per heavy atom. The van der Waals surface area contributed by atoms with Gasteiger partial charge in [-0.05, 0) is 45.4 Å². The van der Waals surface area contributed by atoms with Gasteiger partial charge in [-0.3, -0.25) is 11.3 Å². The van der Waals surface area contributed by atoms with E-state index in [-0.39, 0.29) is 5.71 Å². The molecule has 0 aromatic rings. The largest absolute Gasteiger partial charge is 0.477 e. The van der Waals surface area contributed by atoms with E-state index in [1.807, 2.05) is 0 Å². The second-order valence-electron chi connectivity index (χ2n) is 5.50. The first-order valence-electron chi connectivity index (χ1n) is 9.19. The van der Waals surface area contributed by atoms with Crippen LogP contribution >= 0.6 is 0 Å². The lowest BCUT2D eigenvalue weighted by atomic mass is 10.3. The van der Waals surface area contributed by atoms with E-state index in [0.717, 1.165) is 71.5 Å². The van der Waals surface area contributed by atoms with E-state index in [0.29, 0.717) is 6.54 Å². The Bertz CT molecular complexity index is 307. The van der Waals surface area contributed by atoms with Gasteiger partial charge in [-0.25, -0.2) is 4.79 Å². The summed E-state index contributed by atoms with van der Waals surface area (Å²) in [4.78, 5) is 10.3. The Hall–Kier alpha value is -1.22. The summed E-state index contributed by atoms with van der Waals surface area (Å²) in [7, 11) is 0. The second kappa shape index (κ2) is 22.8. The summed E-state index contributed by atoms with van der Waals surface area (Å²) in [5.41, 5.74) is 5.39. The smallest absolute Gasteiger partial charge is 0.351 e. The van der Waals surface area contributed by atoms with Gasteiger partial charge in [0.2, 0.25) is 0 Å². The van der Waals surface area contributed by atoms with E-state index in [4.69, 9.17) is 20.4 Å². The number of hydrogen-bond acceptors (Lipinski definition) is 7. The number of ether oxygens (including phenoxy) is 2. The highest BCUT2D eigenvalue weighted by atomic mass is 16.5. The van der Waals surface area contributed by atoms with Crippen LogP contribution in [0.25, 0.3) is 0 Å². The van der Waals surface area contributed by atoms with Gasteiger partial charge >= 0.3 is 5.97 Å². The van der Waals surface area contributed by atoms with Crippen LogP contribution in [0.4, 0.5) is 0 Å². The van der Waals surface area contributed by atoms with Crippen LogP contribution in [0.3, 0.4) is 0 Å². The van der Waals surface area contributed by atoms with Crippen molar-refractivity contribution in [2.75, 3.05) is 39.5 Å². The third-order valence-corrected chi connectivity index (χ3v) is 2.94. The molecule has 0 bridgehead atoms. The van der Waals surface area contributed by atoms with Gasteiger partial charge in [-0.15, -0.1) is 0 Å². The Labute approximate surface area is 152 Å². The fourth-order valence-electron chi connectivity index (χ4n) is 1.55. The van der Waals surface area contributed by atoms with Crippen LogP contribution in [0.15, 0.2) is 5.10 Å². The molecular formula is C17H38N4O4. The maximum absolute atomic E-state index is 10.3. The number of aliphatic carboxylic acids is 1. The molecule has 0 aliphatic carbocycles. The van der Waals surface area contributed by atoms with Gasteiger partial charge in [0.15, 0.2) is 0 Å². The van der Waals surface area contributed by atoms with Crippen molar-refractivity contribution < 1.29 is 19.4 Å². The van der Waals surface area contributed by atoms with Crippen LogP contribution in [0, 0.1) is 0 Å². The summed E-state index contributed by atoms with van der Waals surface area (Å²) in [6.45, 7) is 10.5. The van der Waals surface area contributed by atoms with Crippen molar-refractivity contribution in [2.45, 2.75) is 59.3 Å². The quantitative estimate of drug-likeness (QED) is 0.143. The SMILES string of the molecule is CCCOCCCCNN.CCCOCCCCNN=C(C)C(=O)O. The van der Waals surface area contributed by atoms with Gasteiger partial charge in [-0.1, -0.05) is 13.8 Å². The molecular weight excluding hydrogens is 324 g/mol. The monoisotopic (exact) mass is 362 g/mol. The van der Waals surface area contributed by atoms with Gasteiger partial charge in [-0.2, -0.15) is 5.10 Å². The molecule has 25 heavy (non-hydrogen) atoms. The predicted molar refractivity (Wildman–Crippen MR) is 102 cm³/mol. The van der Waals surface area contributed by atoms with Gasteiger partial charge in [0.1, 0.15) is 5.71 Å². The summed E-state index contributed by atoms with van der Waals surface area (Å²) in [5, 5.41) is 12.2. The van der Waals surface area contributed by atoms with Crippen LogP contribution in [-0.4, -0.2) is 56.3 Å². The van der Waals surface area contributed by atoms with Crippen molar-refractivity contribution >= 4 is 11.7 Å². The van der Waals surface area contributed by atoms with Crippen LogP contribution in [0.2, 0.25) is 0 Å². The minimum Gasteiger partial charge on any atom is -0.477 e. The molecule has 0 aliphatic rings. The maximum Gasteiger partial charge on any atom is 0.351 e. The summed E-state index contributed by atoms with van der Waals surface area (Å²) in [6, 6.07) is 0. The van der Waals surface area contributed by atoms with E-state index in [1.54, 1.807) is 0 Å². The molecule has 5 N–H and O–H groups in total. The molecule has 150 valence electrons.